The Labute approximate surface area is 125 Å². The number of amides is 2. The summed E-state index contributed by atoms with van der Waals surface area (Å²) in [6.45, 7) is 2.01. The minimum atomic E-state index is -0.525. The van der Waals surface area contributed by atoms with Gasteiger partial charge >= 0.3 is 6.03 Å². The van der Waals surface area contributed by atoms with Crippen LogP contribution in [-0.2, 0) is 0 Å². The average molecular weight is 291 g/mol. The Balaban J connectivity index is 2.01. The number of benzene rings is 1. The van der Waals surface area contributed by atoms with E-state index in [1.54, 1.807) is 0 Å². The van der Waals surface area contributed by atoms with E-state index in [1.165, 1.54) is 6.42 Å². The van der Waals surface area contributed by atoms with Crippen LogP contribution in [0.1, 0.15) is 37.7 Å². The minimum absolute atomic E-state index is 0.247. The number of carbonyl (C=O) groups is 1. The number of nitrogens with one attached hydrogen (secondary N) is 2. The van der Waals surface area contributed by atoms with Gasteiger partial charge in [0.15, 0.2) is 0 Å². The van der Waals surface area contributed by atoms with Crippen LogP contribution in [0.4, 0.5) is 10.5 Å². The third-order valence-corrected chi connectivity index (χ3v) is 4.23. The van der Waals surface area contributed by atoms with Gasteiger partial charge in [0.25, 0.3) is 0 Å². The summed E-state index contributed by atoms with van der Waals surface area (Å²) in [6, 6.07) is 7.43. The monoisotopic (exact) mass is 291 g/mol. The van der Waals surface area contributed by atoms with Crippen molar-refractivity contribution in [2.24, 2.45) is 5.73 Å². The van der Waals surface area contributed by atoms with Crippen LogP contribution in [0.5, 0.6) is 0 Å². The van der Waals surface area contributed by atoms with E-state index in [-0.39, 0.29) is 6.03 Å². The molecule has 108 valence electrons. The van der Waals surface area contributed by atoms with Gasteiger partial charge in [-0.25, -0.2) is 4.79 Å². The third-order valence-electron chi connectivity index (χ3n) is 3.84. The van der Waals surface area contributed by atoms with Crippen molar-refractivity contribution in [2.75, 3.05) is 5.32 Å². The van der Waals surface area contributed by atoms with Crippen molar-refractivity contribution in [1.29, 1.82) is 0 Å². The Morgan fingerprint density at radius 3 is 2.35 bits per heavy atom. The van der Waals surface area contributed by atoms with Gasteiger partial charge in [0.1, 0.15) is 0 Å². The lowest BCUT2D eigenvalue weighted by atomic mass is 9.81. The van der Waals surface area contributed by atoms with E-state index in [2.05, 4.69) is 10.6 Å². The Morgan fingerprint density at radius 1 is 1.20 bits per heavy atom. The Morgan fingerprint density at radius 2 is 1.80 bits per heavy atom. The van der Waals surface area contributed by atoms with Gasteiger partial charge in [-0.15, -0.1) is 0 Å². The fourth-order valence-electron chi connectivity index (χ4n) is 2.60. The van der Waals surface area contributed by atoms with E-state index in [0.717, 1.165) is 36.9 Å². The van der Waals surface area contributed by atoms with Crippen molar-refractivity contribution in [2.45, 2.75) is 44.6 Å². The zero-order valence-electron chi connectivity index (χ0n) is 11.7. The third kappa shape index (κ3) is 3.48. The van der Waals surface area contributed by atoms with Gasteiger partial charge in [-0.1, -0.05) is 49.2 Å². The van der Waals surface area contributed by atoms with Crippen molar-refractivity contribution in [3.63, 3.8) is 0 Å². The Hall–Kier alpha value is -1.62. The molecule has 0 radical (unpaired) electrons. The van der Waals surface area contributed by atoms with Crippen LogP contribution in [-0.4, -0.2) is 16.6 Å². The van der Waals surface area contributed by atoms with Crippen LogP contribution in [0.15, 0.2) is 24.3 Å². The normalized spacial score (nSPS) is 17.2. The van der Waals surface area contributed by atoms with E-state index in [0.29, 0.717) is 4.99 Å². The zero-order chi connectivity index (χ0) is 14.6. The molecule has 4 N–H and O–H groups in total. The molecule has 2 amide bonds. The standard InChI is InChI=1S/C15H21N3OS/c1-11-5-7-12(8-6-11)17-14(19)18-15(13(16)20)9-3-2-4-10-15/h5-8H,2-4,9-10H2,1H3,(H2,16,20)(H2,17,18,19). The highest BCUT2D eigenvalue weighted by molar-refractivity contribution is 7.80. The second-order valence-corrected chi connectivity index (χ2v) is 5.89. The number of rotatable bonds is 3. The summed E-state index contributed by atoms with van der Waals surface area (Å²) >= 11 is 5.16. The number of aryl methyl sites for hydroxylation is 1. The quantitative estimate of drug-likeness (QED) is 0.750. The Kier molecular flexibility index (Phi) is 4.60. The van der Waals surface area contributed by atoms with Crippen LogP contribution < -0.4 is 16.4 Å². The van der Waals surface area contributed by atoms with Crippen molar-refractivity contribution >= 4 is 28.9 Å². The number of hydrogen-bond donors (Lipinski definition) is 3. The molecular weight excluding hydrogens is 270 g/mol. The largest absolute Gasteiger partial charge is 0.391 e. The van der Waals surface area contributed by atoms with Crippen molar-refractivity contribution in [1.82, 2.24) is 5.32 Å². The predicted octanol–water partition coefficient (Wildman–Crippen LogP) is 3.11. The molecule has 1 fully saturated rings. The molecule has 0 unspecified atom stereocenters. The van der Waals surface area contributed by atoms with Crippen molar-refractivity contribution in [3.05, 3.63) is 29.8 Å². The maximum absolute atomic E-state index is 12.1. The van der Waals surface area contributed by atoms with Gasteiger partial charge in [0.05, 0.1) is 10.5 Å². The lowest BCUT2D eigenvalue weighted by Gasteiger charge is -2.37. The zero-order valence-corrected chi connectivity index (χ0v) is 12.6. The van der Waals surface area contributed by atoms with E-state index in [4.69, 9.17) is 18.0 Å². The molecule has 4 nitrogen and oxygen atoms in total. The first-order chi connectivity index (χ1) is 9.52. The second kappa shape index (κ2) is 6.22. The van der Waals surface area contributed by atoms with E-state index >= 15 is 0 Å². The SMILES string of the molecule is Cc1ccc(NC(=O)NC2(C(N)=S)CCCCC2)cc1. The first-order valence-corrected chi connectivity index (χ1v) is 7.38. The van der Waals surface area contributed by atoms with Gasteiger partial charge in [0.2, 0.25) is 0 Å². The number of hydrogen-bond acceptors (Lipinski definition) is 2. The van der Waals surface area contributed by atoms with E-state index in [1.807, 2.05) is 31.2 Å². The van der Waals surface area contributed by atoms with Crippen LogP contribution in [0, 0.1) is 6.92 Å². The van der Waals surface area contributed by atoms with E-state index in [9.17, 15) is 4.79 Å². The molecular formula is C15H21N3OS. The predicted molar refractivity (Wildman–Crippen MR) is 85.9 cm³/mol. The summed E-state index contributed by atoms with van der Waals surface area (Å²) in [7, 11) is 0. The molecule has 0 bridgehead atoms. The molecule has 1 aliphatic rings. The van der Waals surface area contributed by atoms with Gasteiger partial charge < -0.3 is 16.4 Å². The van der Waals surface area contributed by atoms with Gasteiger partial charge in [-0.3, -0.25) is 0 Å². The average Bonchev–Trinajstić information content (AvgIpc) is 2.42. The summed E-state index contributed by atoms with van der Waals surface area (Å²) in [5.74, 6) is 0. The molecule has 0 atom stereocenters. The summed E-state index contributed by atoms with van der Waals surface area (Å²) in [6.07, 6.45) is 4.91. The molecule has 0 spiro atoms. The maximum Gasteiger partial charge on any atom is 0.320 e. The molecule has 0 aliphatic heterocycles. The van der Waals surface area contributed by atoms with Crippen LogP contribution in [0.2, 0.25) is 0 Å². The molecule has 0 aromatic heterocycles. The fraction of sp³-hybridized carbons (Fsp3) is 0.467. The molecule has 20 heavy (non-hydrogen) atoms. The smallest absolute Gasteiger partial charge is 0.320 e. The first kappa shape index (κ1) is 14.8. The highest BCUT2D eigenvalue weighted by Crippen LogP contribution is 2.28. The summed E-state index contributed by atoms with van der Waals surface area (Å²) in [4.78, 5) is 12.5. The van der Waals surface area contributed by atoms with Gasteiger partial charge in [-0.2, -0.15) is 0 Å². The maximum atomic E-state index is 12.1. The fourth-order valence-corrected chi connectivity index (χ4v) is 2.86. The number of urea groups is 1. The van der Waals surface area contributed by atoms with Gasteiger partial charge in [0, 0.05) is 5.69 Å². The van der Waals surface area contributed by atoms with Crippen molar-refractivity contribution in [3.8, 4) is 0 Å². The number of thiocarbonyl (C=S) groups is 1. The molecule has 1 aromatic rings. The van der Waals surface area contributed by atoms with Crippen molar-refractivity contribution < 1.29 is 4.79 Å². The lowest BCUT2D eigenvalue weighted by Crippen LogP contribution is -2.58. The first-order valence-electron chi connectivity index (χ1n) is 6.98. The molecule has 2 rings (SSSR count). The van der Waals surface area contributed by atoms with Crippen LogP contribution in [0.25, 0.3) is 0 Å². The van der Waals surface area contributed by atoms with Crippen LogP contribution in [0.3, 0.4) is 0 Å². The molecule has 1 aromatic carbocycles. The number of nitrogens with two attached hydrogens (primary N) is 1. The molecule has 0 saturated heterocycles. The number of anilines is 1. The van der Waals surface area contributed by atoms with Crippen LogP contribution >= 0.6 is 12.2 Å². The van der Waals surface area contributed by atoms with Gasteiger partial charge in [-0.05, 0) is 31.9 Å². The number of carbonyl (C=O) groups excluding carboxylic acids is 1. The summed E-state index contributed by atoms with van der Waals surface area (Å²) < 4.78 is 0. The Bertz CT molecular complexity index is 492. The van der Waals surface area contributed by atoms with E-state index < -0.39 is 5.54 Å². The summed E-state index contributed by atoms with van der Waals surface area (Å²) in [5.41, 5.74) is 7.25. The highest BCUT2D eigenvalue weighted by Gasteiger charge is 2.36. The lowest BCUT2D eigenvalue weighted by molar-refractivity contribution is 0.236. The molecule has 5 heteroatoms. The molecule has 1 saturated carbocycles. The highest BCUT2D eigenvalue weighted by atomic mass is 32.1. The minimum Gasteiger partial charge on any atom is -0.391 e. The molecule has 1 aliphatic carbocycles. The second-order valence-electron chi connectivity index (χ2n) is 5.45. The summed E-state index contributed by atoms with van der Waals surface area (Å²) in [5, 5.41) is 5.81. The molecule has 0 heterocycles. The topological polar surface area (TPSA) is 67.2 Å².